The summed E-state index contributed by atoms with van der Waals surface area (Å²) in [6, 6.07) is 5.78. The van der Waals surface area contributed by atoms with Crippen LogP contribution in [0.25, 0.3) is 0 Å². The van der Waals surface area contributed by atoms with E-state index in [-0.39, 0.29) is 68.7 Å². The Morgan fingerprint density at radius 2 is 1.60 bits per heavy atom. The fourth-order valence-electron chi connectivity index (χ4n) is 7.31. The van der Waals surface area contributed by atoms with E-state index >= 15 is 0 Å². The van der Waals surface area contributed by atoms with Gasteiger partial charge in [-0.2, -0.15) is 16.8 Å². The van der Waals surface area contributed by atoms with Crippen molar-refractivity contribution in [1.29, 1.82) is 0 Å². The molecule has 3 N–H and O–H groups in total. The molecule has 0 aliphatic carbocycles. The summed E-state index contributed by atoms with van der Waals surface area (Å²) in [6.45, 7) is 7.66. The number of hydrogen-bond acceptors (Lipinski definition) is 15. The van der Waals surface area contributed by atoms with E-state index in [9.17, 15) is 58.1 Å². The van der Waals surface area contributed by atoms with E-state index in [1.165, 1.54) is 24.4 Å². The zero-order valence-corrected chi connectivity index (χ0v) is 37.4. The highest BCUT2D eigenvalue weighted by molar-refractivity contribution is 7.86. The number of aliphatic imine (C=N–C) groups is 1. The SMILES string of the molecule is CC1(C)C(/C=C/C=C/C=C2/N(CCCS(=O)(=O)O)c3ccc(S(=O)(=O)O)cc3C2(C)C)=Nc2c1cc(C(=O)NOCCCCC(=O)ON1C(=O)CCC1=O)c[n+]2CCCS(=O)(=O)[O-]. The molecule has 0 spiro atoms. The molecule has 3 amide bonds. The van der Waals surface area contributed by atoms with E-state index in [4.69, 9.17) is 14.7 Å². The molecule has 0 atom stereocenters. The summed E-state index contributed by atoms with van der Waals surface area (Å²) in [5, 5.41) is 0.467. The molecule has 2 aromatic rings. The number of amides is 3. The zero-order valence-electron chi connectivity index (χ0n) is 35.0. The number of nitrogens with zero attached hydrogens (tertiary/aromatic N) is 4. The molecule has 20 nitrogen and oxygen atoms in total. The molecular weight excluding hydrogens is 887 g/mol. The summed E-state index contributed by atoms with van der Waals surface area (Å²) < 4.78 is 102. The number of hydroxylamine groups is 3. The minimum atomic E-state index is -4.53. The Morgan fingerprint density at radius 1 is 0.905 bits per heavy atom. The largest absolute Gasteiger partial charge is 0.748 e. The van der Waals surface area contributed by atoms with Gasteiger partial charge in [0.1, 0.15) is 6.20 Å². The van der Waals surface area contributed by atoms with Crippen LogP contribution in [0.2, 0.25) is 0 Å². The molecule has 3 aliphatic heterocycles. The summed E-state index contributed by atoms with van der Waals surface area (Å²) in [7, 11) is -13.3. The van der Waals surface area contributed by atoms with E-state index in [2.05, 4.69) is 5.48 Å². The predicted molar refractivity (Wildman–Crippen MR) is 224 cm³/mol. The van der Waals surface area contributed by atoms with Crippen molar-refractivity contribution in [2.24, 2.45) is 4.99 Å². The maximum Gasteiger partial charge on any atom is 0.333 e. The van der Waals surface area contributed by atoms with Gasteiger partial charge < -0.3 is 14.3 Å². The number of carbonyl (C=O) groups is 4. The Kier molecular flexibility index (Phi) is 15.0. The van der Waals surface area contributed by atoms with Gasteiger partial charge in [0.05, 0.1) is 50.5 Å². The number of unbranched alkanes of at least 4 members (excludes halogenated alkanes) is 1. The molecule has 0 radical (unpaired) electrons. The summed E-state index contributed by atoms with van der Waals surface area (Å²) >= 11 is 0. The summed E-state index contributed by atoms with van der Waals surface area (Å²) in [5.41, 5.74) is 3.96. The molecule has 342 valence electrons. The molecule has 1 fully saturated rings. The van der Waals surface area contributed by atoms with Gasteiger partial charge in [-0.3, -0.25) is 28.3 Å². The number of nitrogens with one attached hydrogen (secondary N) is 1. The molecule has 63 heavy (non-hydrogen) atoms. The van der Waals surface area contributed by atoms with Crippen molar-refractivity contribution in [1.82, 2.24) is 10.5 Å². The van der Waals surface area contributed by atoms with Gasteiger partial charge in [-0.05, 0) is 86.5 Å². The van der Waals surface area contributed by atoms with E-state index in [1.807, 2.05) is 32.6 Å². The van der Waals surface area contributed by atoms with Crippen LogP contribution in [0, 0.1) is 0 Å². The number of hydrogen-bond donors (Lipinski definition) is 3. The number of carbonyl (C=O) groups excluding carboxylic acids is 4. The molecule has 3 aliphatic rings. The van der Waals surface area contributed by atoms with Crippen LogP contribution in [0.4, 0.5) is 11.5 Å². The highest BCUT2D eigenvalue weighted by Crippen LogP contribution is 2.48. The van der Waals surface area contributed by atoms with Gasteiger partial charge >= 0.3 is 11.8 Å². The standard InChI is InChI=1S/C40H49N5O15S3/c1-39(2)30-24-27(38(49)42-59-21-9-8-14-36(48)60-45-34(46)17-18-35(45)47)26-43(19-10-22-61(50,51)52)37(30)41-32(39)12-6-5-7-13-33-40(3,4)29-25-28(63(56,57)58)15-16-31(29)44(33)20-11-23-62(53,54)55/h5-7,12-13,15-16,24-26H,8-11,14,17-23H2,1-4H3,(H3-,42,49,50,51,52,53,54,55,56,57,58). The number of aromatic nitrogens is 1. The first-order valence-electron chi connectivity index (χ1n) is 19.8. The molecule has 23 heteroatoms. The minimum absolute atomic E-state index is 0.00607. The lowest BCUT2D eigenvalue weighted by molar-refractivity contribution is -0.684. The zero-order chi connectivity index (χ0) is 46.5. The molecule has 0 bridgehead atoms. The Bertz CT molecular complexity index is 2620. The molecule has 5 rings (SSSR count). The molecular formula is C40H49N5O15S3. The normalized spacial score (nSPS) is 17.8. The van der Waals surface area contributed by atoms with Crippen molar-refractivity contribution >= 4 is 71.3 Å². The quantitative estimate of drug-likeness (QED) is 0.0429. The second-order valence-corrected chi connectivity index (χ2v) is 20.6. The first kappa shape index (κ1) is 48.9. The van der Waals surface area contributed by atoms with Gasteiger partial charge in [-0.15, -0.1) is 5.06 Å². The summed E-state index contributed by atoms with van der Waals surface area (Å²) in [4.78, 5) is 65.1. The van der Waals surface area contributed by atoms with Crippen molar-refractivity contribution < 1.29 is 72.3 Å². The van der Waals surface area contributed by atoms with Crippen molar-refractivity contribution in [3.63, 3.8) is 0 Å². The lowest BCUT2D eigenvalue weighted by atomic mass is 9.81. The molecule has 4 heterocycles. The van der Waals surface area contributed by atoms with Crippen LogP contribution in [-0.4, -0.2) is 98.0 Å². The van der Waals surface area contributed by atoms with Crippen LogP contribution in [0.3, 0.4) is 0 Å². The second-order valence-electron chi connectivity index (χ2n) is 16.0. The van der Waals surface area contributed by atoms with Gasteiger partial charge in [0, 0.05) is 48.4 Å². The van der Waals surface area contributed by atoms with Gasteiger partial charge in [0.25, 0.3) is 38.0 Å². The van der Waals surface area contributed by atoms with Gasteiger partial charge in [0.2, 0.25) is 0 Å². The fraction of sp³-hybridized carbons (Fsp3) is 0.450. The van der Waals surface area contributed by atoms with Crippen molar-refractivity contribution in [2.45, 2.75) is 94.9 Å². The third-order valence-corrected chi connectivity index (χ3v) is 13.1. The number of pyridine rings is 1. The van der Waals surface area contributed by atoms with E-state index in [0.717, 1.165) is 0 Å². The number of anilines is 1. The number of imide groups is 1. The van der Waals surface area contributed by atoms with E-state index in [0.29, 0.717) is 45.5 Å². The van der Waals surface area contributed by atoms with Crippen molar-refractivity contribution in [3.05, 3.63) is 83.2 Å². The lowest BCUT2D eigenvalue weighted by Crippen LogP contribution is -2.38. The number of fused-ring (bicyclic) bond motifs is 2. The maximum atomic E-state index is 13.3. The topological polar surface area (TPSA) is 287 Å². The van der Waals surface area contributed by atoms with Crippen molar-refractivity contribution in [2.75, 3.05) is 29.6 Å². The second kappa shape index (κ2) is 19.3. The number of allylic oxidation sites excluding steroid dienone is 6. The van der Waals surface area contributed by atoms with Crippen LogP contribution in [0.15, 0.2) is 76.4 Å². The minimum Gasteiger partial charge on any atom is -0.748 e. The average Bonchev–Trinajstić information content (AvgIpc) is 3.71. The lowest BCUT2D eigenvalue weighted by Gasteiger charge is -2.27. The monoisotopic (exact) mass is 935 g/mol. The average molecular weight is 936 g/mol. The van der Waals surface area contributed by atoms with Crippen LogP contribution < -0.4 is 14.9 Å². The molecule has 0 unspecified atom stereocenters. The molecule has 1 aromatic heterocycles. The Balaban J connectivity index is 1.29. The highest BCUT2D eigenvalue weighted by atomic mass is 32.2. The molecule has 1 aromatic carbocycles. The van der Waals surface area contributed by atoms with Gasteiger partial charge in [-0.25, -0.2) is 23.3 Å². The molecule has 0 saturated carbocycles. The Morgan fingerprint density at radius 3 is 2.25 bits per heavy atom. The smallest absolute Gasteiger partial charge is 0.333 e. The van der Waals surface area contributed by atoms with Crippen molar-refractivity contribution in [3.8, 4) is 0 Å². The number of benzene rings is 1. The predicted octanol–water partition coefficient (Wildman–Crippen LogP) is 3.03. The highest BCUT2D eigenvalue weighted by Gasteiger charge is 2.43. The third-order valence-electron chi connectivity index (χ3n) is 10.6. The van der Waals surface area contributed by atoms with Crippen LogP contribution in [0.5, 0.6) is 0 Å². The number of rotatable bonds is 20. The Hall–Kier alpha value is -5.17. The third kappa shape index (κ3) is 12.3. The molecule has 1 saturated heterocycles. The summed E-state index contributed by atoms with van der Waals surface area (Å²) in [5.74, 6) is -3.27. The first-order valence-corrected chi connectivity index (χ1v) is 24.4. The van der Waals surface area contributed by atoms with Crippen LogP contribution in [-0.2, 0) is 71.8 Å². The van der Waals surface area contributed by atoms with Gasteiger partial charge in [0.15, 0.2) is 5.71 Å². The fourth-order valence-corrected chi connectivity index (χ4v) is 8.80. The Labute approximate surface area is 365 Å². The van der Waals surface area contributed by atoms with Crippen LogP contribution in [0.1, 0.15) is 94.1 Å². The van der Waals surface area contributed by atoms with E-state index < -0.39 is 76.4 Å². The number of aryl methyl sites for hydroxylation is 1. The maximum absolute atomic E-state index is 13.3. The first-order chi connectivity index (χ1) is 29.3. The van der Waals surface area contributed by atoms with Crippen LogP contribution >= 0.6 is 0 Å². The van der Waals surface area contributed by atoms with Gasteiger partial charge in [-0.1, -0.05) is 32.1 Å². The summed E-state index contributed by atoms with van der Waals surface area (Å²) in [6.07, 6.45) is 10.6. The van der Waals surface area contributed by atoms with E-state index in [1.54, 1.807) is 41.0 Å².